The van der Waals surface area contributed by atoms with E-state index in [0.29, 0.717) is 24.5 Å². The van der Waals surface area contributed by atoms with Crippen LogP contribution in [0, 0.1) is 0 Å². The van der Waals surface area contributed by atoms with Crippen LogP contribution < -0.4 is 21.3 Å². The van der Waals surface area contributed by atoms with Crippen molar-refractivity contribution in [2.24, 2.45) is 0 Å². The van der Waals surface area contributed by atoms with Crippen LogP contribution in [0.2, 0.25) is 0 Å². The summed E-state index contributed by atoms with van der Waals surface area (Å²) in [6.07, 6.45) is 6.34. The number of carbonyl (C=O) groups is 2. The Hall–Kier alpha value is -3.16. The summed E-state index contributed by atoms with van der Waals surface area (Å²) in [7, 11) is 0. The number of pyridine rings is 2. The summed E-state index contributed by atoms with van der Waals surface area (Å²) in [5.41, 5.74) is 1.30. The molecule has 4 amide bonds. The zero-order chi connectivity index (χ0) is 15.6. The maximum atomic E-state index is 11.6. The molecule has 2 aromatic rings. The molecule has 0 aliphatic carbocycles. The first kappa shape index (κ1) is 15.2. The van der Waals surface area contributed by atoms with Crippen LogP contribution in [0.25, 0.3) is 0 Å². The molecule has 2 rings (SSSR count). The van der Waals surface area contributed by atoms with E-state index in [-0.39, 0.29) is 12.1 Å². The number of anilines is 2. The molecule has 0 fully saturated rings. The molecule has 8 heteroatoms. The number of rotatable bonds is 5. The van der Waals surface area contributed by atoms with Crippen molar-refractivity contribution in [3.63, 3.8) is 0 Å². The molecule has 0 radical (unpaired) electrons. The van der Waals surface area contributed by atoms with Crippen LogP contribution >= 0.6 is 0 Å². The molecule has 0 unspecified atom stereocenters. The maximum absolute atomic E-state index is 11.6. The van der Waals surface area contributed by atoms with Gasteiger partial charge in [-0.25, -0.2) is 9.59 Å². The molecule has 4 N–H and O–H groups in total. The van der Waals surface area contributed by atoms with E-state index in [1.165, 1.54) is 0 Å². The molecule has 2 aromatic heterocycles. The van der Waals surface area contributed by atoms with Gasteiger partial charge in [0.2, 0.25) is 0 Å². The summed E-state index contributed by atoms with van der Waals surface area (Å²) in [4.78, 5) is 30.8. The topological polar surface area (TPSA) is 108 Å². The van der Waals surface area contributed by atoms with E-state index in [4.69, 9.17) is 0 Å². The van der Waals surface area contributed by atoms with Crippen LogP contribution in [-0.4, -0.2) is 35.1 Å². The van der Waals surface area contributed by atoms with Gasteiger partial charge in [-0.15, -0.1) is 0 Å². The van der Waals surface area contributed by atoms with E-state index in [2.05, 4.69) is 31.2 Å². The molecule has 0 bridgehead atoms. The minimum absolute atomic E-state index is 0.306. The highest BCUT2D eigenvalue weighted by Gasteiger charge is 2.02. The van der Waals surface area contributed by atoms with Gasteiger partial charge in [0, 0.05) is 49.3 Å². The SMILES string of the molecule is O=C(NCCNC(=O)Nc1ccncc1)Nc1ccncc1. The van der Waals surface area contributed by atoms with E-state index in [9.17, 15) is 9.59 Å². The van der Waals surface area contributed by atoms with Gasteiger partial charge in [-0.1, -0.05) is 0 Å². The zero-order valence-corrected chi connectivity index (χ0v) is 11.7. The first-order chi connectivity index (χ1) is 10.7. The largest absolute Gasteiger partial charge is 0.336 e. The average molecular weight is 300 g/mol. The lowest BCUT2D eigenvalue weighted by molar-refractivity contribution is 0.248. The Morgan fingerprint density at radius 1 is 0.727 bits per heavy atom. The molecule has 8 nitrogen and oxygen atoms in total. The molecule has 0 spiro atoms. The highest BCUT2D eigenvalue weighted by molar-refractivity contribution is 5.90. The quantitative estimate of drug-likeness (QED) is 0.626. The average Bonchev–Trinajstić information content (AvgIpc) is 2.53. The molecular formula is C14H16N6O2. The van der Waals surface area contributed by atoms with Gasteiger partial charge in [-0.3, -0.25) is 9.97 Å². The van der Waals surface area contributed by atoms with Crippen LogP contribution in [0.4, 0.5) is 21.0 Å². The van der Waals surface area contributed by atoms with Crippen molar-refractivity contribution < 1.29 is 9.59 Å². The van der Waals surface area contributed by atoms with E-state index < -0.39 is 0 Å². The fraction of sp³-hybridized carbons (Fsp3) is 0.143. The third kappa shape index (κ3) is 5.45. The number of nitrogens with one attached hydrogen (secondary N) is 4. The zero-order valence-electron chi connectivity index (χ0n) is 11.7. The van der Waals surface area contributed by atoms with Crippen molar-refractivity contribution in [3.05, 3.63) is 49.1 Å². The molecule has 0 saturated heterocycles. The molecule has 0 aliphatic heterocycles. The number of aromatic nitrogens is 2. The van der Waals surface area contributed by atoms with Gasteiger partial charge in [-0.05, 0) is 24.3 Å². The van der Waals surface area contributed by atoms with Gasteiger partial charge in [0.15, 0.2) is 0 Å². The Balaban J connectivity index is 1.60. The van der Waals surface area contributed by atoms with Gasteiger partial charge in [0.25, 0.3) is 0 Å². The van der Waals surface area contributed by atoms with Crippen molar-refractivity contribution in [1.82, 2.24) is 20.6 Å². The highest BCUT2D eigenvalue weighted by Crippen LogP contribution is 2.02. The number of hydrogen-bond donors (Lipinski definition) is 4. The minimum atomic E-state index is -0.345. The predicted octanol–water partition coefficient (Wildman–Crippen LogP) is 1.42. The molecule has 0 atom stereocenters. The summed E-state index contributed by atoms with van der Waals surface area (Å²) in [6.45, 7) is 0.612. The predicted molar refractivity (Wildman–Crippen MR) is 82.5 cm³/mol. The summed E-state index contributed by atoms with van der Waals surface area (Å²) in [5, 5.41) is 10.5. The molecule has 0 saturated carbocycles. The van der Waals surface area contributed by atoms with E-state index in [1.54, 1.807) is 49.1 Å². The number of hydrogen-bond acceptors (Lipinski definition) is 4. The second-order valence-corrected chi connectivity index (χ2v) is 4.23. The normalized spacial score (nSPS) is 9.64. The number of amides is 4. The van der Waals surface area contributed by atoms with Crippen molar-refractivity contribution in [1.29, 1.82) is 0 Å². The third-order valence-corrected chi connectivity index (χ3v) is 2.57. The standard InChI is InChI=1S/C14H16N6O2/c21-13(19-11-1-5-15-6-2-11)17-9-10-18-14(22)20-12-3-7-16-8-4-12/h1-8H,9-10H2,(H2,15,17,19,21)(H2,16,18,20,22). The maximum Gasteiger partial charge on any atom is 0.319 e. The van der Waals surface area contributed by atoms with Crippen molar-refractivity contribution in [3.8, 4) is 0 Å². The summed E-state index contributed by atoms with van der Waals surface area (Å²) < 4.78 is 0. The van der Waals surface area contributed by atoms with E-state index in [1.807, 2.05) is 0 Å². The van der Waals surface area contributed by atoms with Gasteiger partial charge in [0.05, 0.1) is 0 Å². The molecule has 2 heterocycles. The second-order valence-electron chi connectivity index (χ2n) is 4.23. The summed E-state index contributed by atoms with van der Waals surface area (Å²) in [5.74, 6) is 0. The Morgan fingerprint density at radius 2 is 1.09 bits per heavy atom. The van der Waals surface area contributed by atoms with Gasteiger partial charge < -0.3 is 21.3 Å². The smallest absolute Gasteiger partial charge is 0.319 e. The van der Waals surface area contributed by atoms with Gasteiger partial charge in [-0.2, -0.15) is 0 Å². The number of carbonyl (C=O) groups excluding carboxylic acids is 2. The monoisotopic (exact) mass is 300 g/mol. The molecule has 0 aliphatic rings. The Bertz CT molecular complexity index is 550. The van der Waals surface area contributed by atoms with Gasteiger partial charge in [0.1, 0.15) is 0 Å². The fourth-order valence-electron chi connectivity index (χ4n) is 1.57. The highest BCUT2D eigenvalue weighted by atomic mass is 16.2. The van der Waals surface area contributed by atoms with Crippen LogP contribution in [0.15, 0.2) is 49.1 Å². The Kier molecular flexibility index (Phi) is 5.68. The van der Waals surface area contributed by atoms with Crippen molar-refractivity contribution in [2.45, 2.75) is 0 Å². The van der Waals surface area contributed by atoms with Crippen molar-refractivity contribution in [2.75, 3.05) is 23.7 Å². The summed E-state index contributed by atoms with van der Waals surface area (Å²) >= 11 is 0. The van der Waals surface area contributed by atoms with E-state index in [0.717, 1.165) is 0 Å². The van der Waals surface area contributed by atoms with Gasteiger partial charge >= 0.3 is 12.1 Å². The molecule has 114 valence electrons. The fourth-order valence-corrected chi connectivity index (χ4v) is 1.57. The lowest BCUT2D eigenvalue weighted by Gasteiger charge is -2.09. The Labute approximate surface area is 127 Å². The Morgan fingerprint density at radius 3 is 1.45 bits per heavy atom. The summed E-state index contributed by atoms with van der Waals surface area (Å²) in [6, 6.07) is 6.03. The van der Waals surface area contributed by atoms with E-state index >= 15 is 0 Å². The lowest BCUT2D eigenvalue weighted by atomic mass is 10.4. The van der Waals surface area contributed by atoms with Crippen LogP contribution in [-0.2, 0) is 0 Å². The molecule has 22 heavy (non-hydrogen) atoms. The van der Waals surface area contributed by atoms with Crippen molar-refractivity contribution >= 4 is 23.4 Å². The first-order valence-corrected chi connectivity index (χ1v) is 6.64. The van der Waals surface area contributed by atoms with Crippen LogP contribution in [0.3, 0.4) is 0 Å². The molecular weight excluding hydrogens is 284 g/mol. The number of nitrogens with zero attached hydrogens (tertiary/aromatic N) is 2. The second kappa shape index (κ2) is 8.20. The first-order valence-electron chi connectivity index (χ1n) is 6.64. The molecule has 0 aromatic carbocycles. The minimum Gasteiger partial charge on any atom is -0.336 e. The lowest BCUT2D eigenvalue weighted by Crippen LogP contribution is -2.38. The van der Waals surface area contributed by atoms with Crippen LogP contribution in [0.5, 0.6) is 0 Å². The third-order valence-electron chi connectivity index (χ3n) is 2.57. The number of urea groups is 2. The van der Waals surface area contributed by atoms with Crippen LogP contribution in [0.1, 0.15) is 0 Å².